The normalized spacial score (nSPS) is 10.3. The number of hydrogen-bond acceptors (Lipinski definition) is 5. The molecule has 0 aliphatic heterocycles. The molecule has 0 fully saturated rings. The zero-order chi connectivity index (χ0) is 22.2. The van der Waals surface area contributed by atoms with Gasteiger partial charge in [-0.15, -0.1) is 11.8 Å². The van der Waals surface area contributed by atoms with Gasteiger partial charge in [-0.1, -0.05) is 6.07 Å². The van der Waals surface area contributed by atoms with Crippen molar-refractivity contribution in [2.24, 2.45) is 0 Å². The average Bonchev–Trinajstić information content (AvgIpc) is 2.78. The smallest absolute Gasteiger partial charge is 0.323 e. The number of anilines is 3. The fraction of sp³-hybridized carbons (Fsp3) is 0.174. The highest BCUT2D eigenvalue weighted by Crippen LogP contribution is 2.24. The summed E-state index contributed by atoms with van der Waals surface area (Å²) in [6, 6.07) is 16.2. The maximum atomic E-state index is 12.8. The molecule has 0 saturated carbocycles. The lowest BCUT2D eigenvalue weighted by Gasteiger charge is -2.18. The first-order valence-electron chi connectivity index (χ1n) is 9.67. The third-order valence-electron chi connectivity index (χ3n) is 4.50. The number of carbonyl (C=O) groups is 2. The van der Waals surface area contributed by atoms with E-state index in [2.05, 4.69) is 20.9 Å². The fourth-order valence-electron chi connectivity index (χ4n) is 2.93. The Morgan fingerprint density at radius 2 is 1.71 bits per heavy atom. The first kappa shape index (κ1) is 22.2. The van der Waals surface area contributed by atoms with Crippen LogP contribution in [0.15, 0.2) is 71.9 Å². The molecule has 0 bridgehead atoms. The van der Waals surface area contributed by atoms with E-state index in [1.54, 1.807) is 36.3 Å². The molecule has 0 unspecified atom stereocenters. The molecule has 0 radical (unpaired) electrons. The van der Waals surface area contributed by atoms with Crippen LogP contribution in [0.1, 0.15) is 15.9 Å². The quantitative estimate of drug-likeness (QED) is 0.478. The van der Waals surface area contributed by atoms with Crippen LogP contribution < -0.4 is 20.9 Å². The number of amides is 3. The molecule has 160 valence electrons. The number of nitrogens with zero attached hydrogens (tertiary/aromatic N) is 2. The van der Waals surface area contributed by atoms with E-state index in [1.165, 1.54) is 0 Å². The van der Waals surface area contributed by atoms with Crippen molar-refractivity contribution in [1.29, 1.82) is 0 Å². The molecule has 0 atom stereocenters. The van der Waals surface area contributed by atoms with Gasteiger partial charge in [0.05, 0.1) is 5.56 Å². The number of benzene rings is 2. The maximum Gasteiger partial charge on any atom is 0.323 e. The van der Waals surface area contributed by atoms with Crippen LogP contribution in [0.2, 0.25) is 0 Å². The van der Waals surface area contributed by atoms with Crippen molar-refractivity contribution in [3.05, 3.63) is 78.1 Å². The largest absolute Gasteiger partial charge is 0.377 e. The number of pyridine rings is 1. The van der Waals surface area contributed by atoms with E-state index in [1.807, 2.05) is 67.7 Å². The van der Waals surface area contributed by atoms with E-state index in [9.17, 15) is 9.59 Å². The highest BCUT2D eigenvalue weighted by Gasteiger charge is 2.15. The van der Waals surface area contributed by atoms with E-state index in [0.717, 1.165) is 16.1 Å². The number of aromatic nitrogens is 1. The molecular formula is C23H25N5O2S. The fourth-order valence-corrected chi connectivity index (χ4v) is 3.34. The van der Waals surface area contributed by atoms with Crippen molar-refractivity contribution in [2.75, 3.05) is 35.9 Å². The Labute approximate surface area is 186 Å². The third kappa shape index (κ3) is 6.23. The Balaban J connectivity index is 1.70. The van der Waals surface area contributed by atoms with Gasteiger partial charge in [0.2, 0.25) is 0 Å². The van der Waals surface area contributed by atoms with Crippen molar-refractivity contribution in [1.82, 2.24) is 10.3 Å². The predicted molar refractivity (Wildman–Crippen MR) is 127 cm³/mol. The van der Waals surface area contributed by atoms with Gasteiger partial charge in [-0.25, -0.2) is 4.79 Å². The zero-order valence-corrected chi connectivity index (χ0v) is 18.5. The van der Waals surface area contributed by atoms with E-state index >= 15 is 0 Å². The predicted octanol–water partition coefficient (Wildman–Crippen LogP) is 4.44. The molecule has 1 heterocycles. The Morgan fingerprint density at radius 3 is 2.35 bits per heavy atom. The van der Waals surface area contributed by atoms with Gasteiger partial charge in [0.1, 0.15) is 0 Å². The van der Waals surface area contributed by atoms with Gasteiger partial charge in [-0.3, -0.25) is 9.78 Å². The van der Waals surface area contributed by atoms with Crippen LogP contribution in [-0.2, 0) is 6.54 Å². The van der Waals surface area contributed by atoms with Crippen LogP contribution in [0.4, 0.5) is 21.9 Å². The van der Waals surface area contributed by atoms with Gasteiger partial charge in [-0.05, 0) is 60.4 Å². The Bertz CT molecular complexity index is 1040. The summed E-state index contributed by atoms with van der Waals surface area (Å²) in [4.78, 5) is 32.3. The molecule has 3 rings (SSSR count). The van der Waals surface area contributed by atoms with Gasteiger partial charge < -0.3 is 20.9 Å². The third-order valence-corrected chi connectivity index (χ3v) is 5.25. The van der Waals surface area contributed by atoms with Crippen molar-refractivity contribution < 1.29 is 9.59 Å². The summed E-state index contributed by atoms with van der Waals surface area (Å²) in [5.74, 6) is -0.232. The Kier molecular flexibility index (Phi) is 7.50. The second-order valence-electron chi connectivity index (χ2n) is 6.98. The lowest BCUT2D eigenvalue weighted by atomic mass is 10.1. The number of thioether (sulfide) groups is 1. The second kappa shape index (κ2) is 10.5. The molecule has 3 N–H and O–H groups in total. The lowest BCUT2D eigenvalue weighted by Crippen LogP contribution is -2.26. The Hall–Kier alpha value is -3.52. The number of hydrogen-bond donors (Lipinski definition) is 3. The maximum absolute atomic E-state index is 12.8. The number of urea groups is 1. The lowest BCUT2D eigenvalue weighted by molar-refractivity contribution is 0.0951. The van der Waals surface area contributed by atoms with Gasteiger partial charge >= 0.3 is 6.03 Å². The molecule has 0 aliphatic carbocycles. The summed E-state index contributed by atoms with van der Waals surface area (Å²) in [5.41, 5.74) is 3.34. The molecule has 7 nitrogen and oxygen atoms in total. The van der Waals surface area contributed by atoms with Gasteiger partial charge in [-0.2, -0.15) is 0 Å². The first-order chi connectivity index (χ1) is 15.0. The van der Waals surface area contributed by atoms with Crippen LogP contribution in [0.3, 0.4) is 0 Å². The second-order valence-corrected chi connectivity index (χ2v) is 7.86. The molecular weight excluding hydrogens is 410 g/mol. The summed E-state index contributed by atoms with van der Waals surface area (Å²) < 4.78 is 0. The molecule has 2 aromatic carbocycles. The molecule has 31 heavy (non-hydrogen) atoms. The van der Waals surface area contributed by atoms with Crippen LogP contribution >= 0.6 is 11.8 Å². The molecule has 3 amide bonds. The Morgan fingerprint density at radius 1 is 1.00 bits per heavy atom. The van der Waals surface area contributed by atoms with E-state index in [-0.39, 0.29) is 11.9 Å². The monoisotopic (exact) mass is 435 g/mol. The van der Waals surface area contributed by atoms with Gasteiger partial charge in [0.25, 0.3) is 5.91 Å². The minimum absolute atomic E-state index is 0.232. The molecule has 1 aromatic heterocycles. The SMILES string of the molecule is CSc1ccc(NC(=O)Nc2ccc(N(C)C)c(C(=O)NCc3cccnc3)c2)cc1. The molecule has 8 heteroatoms. The van der Waals surface area contributed by atoms with Crippen LogP contribution in [0.25, 0.3) is 0 Å². The standard InChI is InChI=1S/C23H25N5O2S/c1-28(2)21-11-8-18(27-23(30)26-17-6-9-19(31-3)10-7-17)13-20(21)22(29)25-15-16-5-4-12-24-14-16/h4-14H,15H2,1-3H3,(H,25,29)(H2,26,27,30). The summed E-state index contributed by atoms with van der Waals surface area (Å²) in [5, 5.41) is 8.49. The van der Waals surface area contributed by atoms with Crippen LogP contribution in [-0.4, -0.2) is 37.3 Å². The van der Waals surface area contributed by atoms with E-state index in [4.69, 9.17) is 0 Å². The van der Waals surface area contributed by atoms with E-state index in [0.29, 0.717) is 23.5 Å². The molecule has 0 spiro atoms. The first-order valence-corrected chi connectivity index (χ1v) is 10.9. The number of carbonyl (C=O) groups excluding carboxylic acids is 2. The topological polar surface area (TPSA) is 86.4 Å². The molecule has 3 aromatic rings. The summed E-state index contributed by atoms with van der Waals surface area (Å²) >= 11 is 1.64. The minimum atomic E-state index is -0.378. The molecule has 0 aliphatic rings. The summed E-state index contributed by atoms with van der Waals surface area (Å²) in [7, 11) is 3.73. The van der Waals surface area contributed by atoms with Crippen molar-refractivity contribution >= 4 is 40.8 Å². The van der Waals surface area contributed by atoms with Crippen molar-refractivity contribution in [2.45, 2.75) is 11.4 Å². The van der Waals surface area contributed by atoms with Crippen LogP contribution in [0, 0.1) is 0 Å². The average molecular weight is 436 g/mol. The number of nitrogens with one attached hydrogen (secondary N) is 3. The minimum Gasteiger partial charge on any atom is -0.377 e. The number of rotatable bonds is 7. The highest BCUT2D eigenvalue weighted by atomic mass is 32.2. The van der Waals surface area contributed by atoms with Gasteiger partial charge in [0.15, 0.2) is 0 Å². The summed E-state index contributed by atoms with van der Waals surface area (Å²) in [6.45, 7) is 0.365. The van der Waals surface area contributed by atoms with Crippen LogP contribution in [0.5, 0.6) is 0 Å². The summed E-state index contributed by atoms with van der Waals surface area (Å²) in [6.07, 6.45) is 5.39. The van der Waals surface area contributed by atoms with Gasteiger partial charge in [0, 0.05) is 55.0 Å². The van der Waals surface area contributed by atoms with Crippen molar-refractivity contribution in [3.8, 4) is 0 Å². The van der Waals surface area contributed by atoms with Crippen molar-refractivity contribution in [3.63, 3.8) is 0 Å². The molecule has 0 saturated heterocycles. The highest BCUT2D eigenvalue weighted by molar-refractivity contribution is 7.98. The van der Waals surface area contributed by atoms with E-state index < -0.39 is 0 Å². The zero-order valence-electron chi connectivity index (χ0n) is 17.7.